The van der Waals surface area contributed by atoms with Gasteiger partial charge in [0, 0.05) is 54.5 Å². The first-order chi connectivity index (χ1) is 22.0. The minimum Gasteiger partial charge on any atom is -0.481 e. The van der Waals surface area contributed by atoms with E-state index in [9.17, 15) is 9.90 Å². The fraction of sp³-hybridized carbons (Fsp3) is 0.389. The maximum Gasteiger partial charge on any atom is 0.303 e. The van der Waals surface area contributed by atoms with Crippen LogP contribution in [0.3, 0.4) is 0 Å². The number of ether oxygens (including phenoxy) is 1. The lowest BCUT2D eigenvalue weighted by atomic mass is 9.75. The second kappa shape index (κ2) is 12.9. The SMILES string of the molecule is Cn1nc2nc1-c1cc(ccn1)Oc1c(F)cc3[nH]ccc3c1CCSCC(C)(C)CCC[C@]2(C)c1cccc(CCC(=O)O)c1. The summed E-state index contributed by atoms with van der Waals surface area (Å²) in [4.78, 5) is 24.1. The van der Waals surface area contributed by atoms with Gasteiger partial charge in [-0.3, -0.25) is 9.78 Å². The number of rotatable bonds is 4. The van der Waals surface area contributed by atoms with Crippen LogP contribution < -0.4 is 4.74 Å². The molecule has 0 unspecified atom stereocenters. The molecule has 240 valence electrons. The number of aliphatic carboxylic acids is 1. The number of H-pyrrole nitrogens is 1. The number of carbonyl (C=O) groups is 1. The number of carboxylic acid groups (broad SMARTS) is 1. The van der Waals surface area contributed by atoms with Crippen molar-refractivity contribution in [2.45, 2.75) is 64.7 Å². The summed E-state index contributed by atoms with van der Waals surface area (Å²) in [5.41, 5.74) is 3.76. The van der Waals surface area contributed by atoms with Crippen LogP contribution in [0.4, 0.5) is 4.39 Å². The number of hydrogen-bond donors (Lipinski definition) is 2. The van der Waals surface area contributed by atoms with E-state index in [1.54, 1.807) is 23.0 Å². The molecule has 46 heavy (non-hydrogen) atoms. The maximum absolute atomic E-state index is 15.6. The molecule has 4 heterocycles. The second-order valence-corrected chi connectivity index (χ2v) is 14.3. The lowest BCUT2D eigenvalue weighted by molar-refractivity contribution is -0.136. The summed E-state index contributed by atoms with van der Waals surface area (Å²) < 4.78 is 23.6. The number of benzene rings is 2. The van der Waals surface area contributed by atoms with E-state index < -0.39 is 17.2 Å². The van der Waals surface area contributed by atoms with Gasteiger partial charge in [0.2, 0.25) is 0 Å². The van der Waals surface area contributed by atoms with E-state index in [1.807, 2.05) is 43.2 Å². The molecule has 8 nitrogen and oxygen atoms in total. The Morgan fingerprint density at radius 3 is 2.83 bits per heavy atom. The van der Waals surface area contributed by atoms with E-state index in [-0.39, 0.29) is 17.6 Å². The molecule has 2 N–H and O–H groups in total. The minimum absolute atomic E-state index is 0.0759. The maximum atomic E-state index is 15.6. The average Bonchev–Trinajstić information content (AvgIpc) is 3.66. The zero-order valence-electron chi connectivity index (χ0n) is 26.8. The Bertz CT molecular complexity index is 1880. The fourth-order valence-corrected chi connectivity index (χ4v) is 7.55. The van der Waals surface area contributed by atoms with Gasteiger partial charge in [-0.1, -0.05) is 44.5 Å². The van der Waals surface area contributed by atoms with Gasteiger partial charge in [-0.05, 0) is 72.8 Å². The van der Waals surface area contributed by atoms with Crippen LogP contribution in [0.2, 0.25) is 0 Å². The van der Waals surface area contributed by atoms with Crippen LogP contribution in [-0.2, 0) is 30.1 Å². The van der Waals surface area contributed by atoms with Crippen molar-refractivity contribution in [3.8, 4) is 23.0 Å². The van der Waals surface area contributed by atoms with Gasteiger partial charge < -0.3 is 14.8 Å². The molecule has 0 radical (unpaired) electrons. The summed E-state index contributed by atoms with van der Waals surface area (Å²) in [6.45, 7) is 6.79. The number of carboxylic acids is 1. The molecule has 4 bridgehead atoms. The number of nitrogens with zero attached hydrogens (tertiary/aromatic N) is 4. The van der Waals surface area contributed by atoms with Gasteiger partial charge in [0.25, 0.3) is 0 Å². The molecule has 0 saturated carbocycles. The molecular weight excluding hydrogens is 601 g/mol. The van der Waals surface area contributed by atoms with Gasteiger partial charge in [-0.15, -0.1) is 0 Å². The molecule has 3 aromatic heterocycles. The van der Waals surface area contributed by atoms with Crippen molar-refractivity contribution in [3.05, 3.63) is 89.3 Å². The quantitative estimate of drug-likeness (QED) is 0.204. The highest BCUT2D eigenvalue weighted by molar-refractivity contribution is 7.99. The van der Waals surface area contributed by atoms with Crippen LogP contribution >= 0.6 is 11.8 Å². The highest BCUT2D eigenvalue weighted by Crippen LogP contribution is 2.40. The highest BCUT2D eigenvalue weighted by atomic mass is 32.2. The van der Waals surface area contributed by atoms with E-state index in [4.69, 9.17) is 14.8 Å². The first-order valence-corrected chi connectivity index (χ1v) is 16.9. The molecule has 0 fully saturated rings. The summed E-state index contributed by atoms with van der Waals surface area (Å²) in [6.07, 6.45) is 7.47. The number of hydrogen-bond acceptors (Lipinski definition) is 6. The van der Waals surface area contributed by atoms with E-state index in [0.29, 0.717) is 35.9 Å². The van der Waals surface area contributed by atoms with Crippen LogP contribution in [0.25, 0.3) is 22.4 Å². The summed E-state index contributed by atoms with van der Waals surface area (Å²) in [6, 6.07) is 15.1. The number of nitrogens with one attached hydrogen (secondary N) is 1. The smallest absolute Gasteiger partial charge is 0.303 e. The molecular formula is C36H40FN5O3S. The molecule has 0 spiro atoms. The zero-order chi connectivity index (χ0) is 32.5. The molecule has 1 aliphatic rings. The Labute approximate surface area is 272 Å². The summed E-state index contributed by atoms with van der Waals surface area (Å²) in [5.74, 6) is 2.53. The molecule has 2 aromatic carbocycles. The van der Waals surface area contributed by atoms with E-state index in [2.05, 4.69) is 42.9 Å². The Morgan fingerprint density at radius 2 is 2.00 bits per heavy atom. The minimum atomic E-state index is -0.813. The number of aryl methyl sites for hydroxylation is 3. The van der Waals surface area contributed by atoms with Crippen LogP contribution in [0.5, 0.6) is 11.5 Å². The number of aromatic nitrogens is 5. The number of aromatic amines is 1. The van der Waals surface area contributed by atoms with Crippen molar-refractivity contribution in [2.75, 3.05) is 11.5 Å². The topological polar surface area (TPSA) is 106 Å². The molecule has 0 amide bonds. The van der Waals surface area contributed by atoms with Crippen molar-refractivity contribution < 1.29 is 19.0 Å². The Balaban J connectivity index is 1.44. The molecule has 0 saturated heterocycles. The molecule has 0 aliphatic carbocycles. The first kappa shape index (κ1) is 31.8. The molecule has 6 rings (SSSR count). The van der Waals surface area contributed by atoms with Gasteiger partial charge in [-0.2, -0.15) is 16.9 Å². The summed E-state index contributed by atoms with van der Waals surface area (Å²) >= 11 is 1.88. The predicted molar refractivity (Wildman–Crippen MR) is 180 cm³/mol. The fourth-order valence-electron chi connectivity index (χ4n) is 6.36. The highest BCUT2D eigenvalue weighted by Gasteiger charge is 2.35. The van der Waals surface area contributed by atoms with Crippen LogP contribution in [0.15, 0.2) is 60.9 Å². The van der Waals surface area contributed by atoms with Gasteiger partial charge in [0.05, 0.1) is 5.41 Å². The number of pyridine rings is 1. The molecule has 10 heteroatoms. The lowest BCUT2D eigenvalue weighted by Gasteiger charge is -2.30. The standard InChI is InChI=1S/C36H40FN5O3S/c1-35(2)14-6-15-36(3,24-8-5-7-23(19-24)9-10-31(43)44)34-40-33(42(4)41-34)30-20-25(11-16-39-30)45-32-27(13-18-46-22-35)26-12-17-38-29(26)21-28(32)37/h5,7-8,11-12,16-17,19-21,38H,6,9-10,13-15,18,22H2,1-4H3,(H,43,44)/t36-/m1/s1. The van der Waals surface area contributed by atoms with E-state index in [1.165, 1.54) is 6.07 Å². The Hall–Kier alpha value is -4.18. The van der Waals surface area contributed by atoms with Crippen molar-refractivity contribution in [2.24, 2.45) is 12.5 Å². The summed E-state index contributed by atoms with van der Waals surface area (Å²) in [7, 11) is 1.85. The number of thioether (sulfide) groups is 1. The third kappa shape index (κ3) is 6.67. The van der Waals surface area contributed by atoms with Gasteiger partial charge in [0.1, 0.15) is 11.4 Å². The molecule has 1 aliphatic heterocycles. The lowest BCUT2D eigenvalue weighted by Crippen LogP contribution is -2.27. The average molecular weight is 642 g/mol. The van der Waals surface area contributed by atoms with Gasteiger partial charge >= 0.3 is 5.97 Å². The van der Waals surface area contributed by atoms with Crippen molar-refractivity contribution >= 4 is 28.6 Å². The van der Waals surface area contributed by atoms with Crippen LogP contribution in [0, 0.1) is 11.2 Å². The zero-order valence-corrected chi connectivity index (χ0v) is 27.6. The van der Waals surface area contributed by atoms with E-state index in [0.717, 1.165) is 58.4 Å². The Morgan fingerprint density at radius 1 is 1.15 bits per heavy atom. The number of halogens is 1. The Kier molecular flexibility index (Phi) is 8.92. The number of fused-ring (bicyclic) bond motifs is 8. The second-order valence-electron chi connectivity index (χ2n) is 13.2. The molecule has 5 aromatic rings. The van der Waals surface area contributed by atoms with Crippen LogP contribution in [-0.4, -0.2) is 47.3 Å². The van der Waals surface area contributed by atoms with Gasteiger partial charge in [-0.25, -0.2) is 14.1 Å². The molecule has 1 atom stereocenters. The first-order valence-electron chi connectivity index (χ1n) is 15.8. The third-order valence-electron chi connectivity index (χ3n) is 9.01. The van der Waals surface area contributed by atoms with Crippen molar-refractivity contribution in [3.63, 3.8) is 0 Å². The van der Waals surface area contributed by atoms with Gasteiger partial charge in [0.15, 0.2) is 23.2 Å². The normalized spacial score (nSPS) is 18.7. The monoisotopic (exact) mass is 641 g/mol. The van der Waals surface area contributed by atoms with E-state index >= 15 is 4.39 Å². The predicted octanol–water partition coefficient (Wildman–Crippen LogP) is 8.10. The van der Waals surface area contributed by atoms with Crippen molar-refractivity contribution in [1.29, 1.82) is 0 Å². The van der Waals surface area contributed by atoms with Crippen molar-refractivity contribution in [1.82, 2.24) is 24.7 Å². The largest absolute Gasteiger partial charge is 0.481 e. The third-order valence-corrected chi connectivity index (χ3v) is 10.5. The summed E-state index contributed by atoms with van der Waals surface area (Å²) in [5, 5.41) is 15.2. The van der Waals surface area contributed by atoms with Crippen LogP contribution in [0.1, 0.15) is 69.0 Å².